The van der Waals surface area contributed by atoms with Crippen LogP contribution in [0.4, 0.5) is 10.5 Å². The topological polar surface area (TPSA) is 68.2 Å². The number of carbonyl (C=O) groups excluding carboxylic acids is 1. The van der Waals surface area contributed by atoms with E-state index in [0.29, 0.717) is 17.8 Å². The molecule has 0 aliphatic carbocycles. The third-order valence-electron chi connectivity index (χ3n) is 6.52. The lowest BCUT2D eigenvalue weighted by atomic mass is 9.90. The lowest BCUT2D eigenvalue weighted by Gasteiger charge is -2.32. The van der Waals surface area contributed by atoms with Crippen LogP contribution in [0.5, 0.6) is 0 Å². The molecule has 5 heteroatoms. The van der Waals surface area contributed by atoms with Crippen LogP contribution in [-0.2, 0) is 19.4 Å². The molecule has 0 spiro atoms. The molecule has 1 aliphatic heterocycles. The first-order chi connectivity index (χ1) is 16.7. The molecule has 0 saturated carbocycles. The van der Waals surface area contributed by atoms with Gasteiger partial charge in [0.2, 0.25) is 0 Å². The first-order valence-electron chi connectivity index (χ1n) is 12.1. The molecule has 3 aromatic carbocycles. The van der Waals surface area contributed by atoms with Crippen molar-refractivity contribution < 1.29 is 4.79 Å². The van der Waals surface area contributed by atoms with E-state index in [0.717, 1.165) is 32.0 Å². The molecule has 1 heterocycles. The average molecular weight is 453 g/mol. The molecule has 1 aliphatic rings. The Balaban J connectivity index is 1.23. The van der Waals surface area contributed by atoms with Crippen LogP contribution in [0.15, 0.2) is 78.9 Å². The summed E-state index contributed by atoms with van der Waals surface area (Å²) in [5.74, 6) is 0.769. The van der Waals surface area contributed by atoms with Crippen molar-refractivity contribution in [3.8, 4) is 6.07 Å². The molecule has 1 saturated heterocycles. The Hall–Kier alpha value is -3.62. The highest BCUT2D eigenvalue weighted by atomic mass is 16.2. The number of piperidine rings is 1. The minimum atomic E-state index is -0.256. The first kappa shape index (κ1) is 23.5. The van der Waals surface area contributed by atoms with Crippen molar-refractivity contribution in [2.75, 3.05) is 25.0 Å². The van der Waals surface area contributed by atoms with Crippen LogP contribution in [0.25, 0.3) is 0 Å². The van der Waals surface area contributed by atoms with Crippen molar-refractivity contribution in [3.63, 3.8) is 0 Å². The number of anilines is 1. The summed E-state index contributed by atoms with van der Waals surface area (Å²) in [5.41, 5.74) is 5.21. The second-order valence-corrected chi connectivity index (χ2v) is 9.00. The van der Waals surface area contributed by atoms with Crippen LogP contribution in [-0.4, -0.2) is 30.6 Å². The van der Waals surface area contributed by atoms with Crippen LogP contribution < -0.4 is 10.6 Å². The van der Waals surface area contributed by atoms with E-state index in [1.807, 2.05) is 0 Å². The van der Waals surface area contributed by atoms with E-state index in [1.54, 1.807) is 24.3 Å². The summed E-state index contributed by atoms with van der Waals surface area (Å²) in [5, 5.41) is 14.7. The Morgan fingerprint density at radius 3 is 2.44 bits per heavy atom. The third-order valence-corrected chi connectivity index (χ3v) is 6.52. The average Bonchev–Trinajstić information content (AvgIpc) is 2.87. The molecule has 2 amide bonds. The molecule has 0 unspecified atom stereocenters. The number of nitrogens with zero attached hydrogens (tertiary/aromatic N) is 2. The molecule has 4 rings (SSSR count). The molecular formula is C29H32N4O. The number of likely N-dealkylation sites (tertiary alicyclic amines) is 1. The summed E-state index contributed by atoms with van der Waals surface area (Å²) >= 11 is 0. The molecule has 0 aromatic heterocycles. The standard InChI is InChI=1S/C29H32N4O/c30-21-25-9-6-12-28(20-25)32-29(34)31-16-13-26-10-4-5-11-27(26)22-33-17-14-24(15-18-33)19-23-7-2-1-3-8-23/h1-12,20,24H,13-19,22H2,(H2,31,32,34). The number of benzene rings is 3. The number of hydrogen-bond donors (Lipinski definition) is 2. The van der Waals surface area contributed by atoms with Gasteiger partial charge in [-0.2, -0.15) is 5.26 Å². The number of hydrogen-bond acceptors (Lipinski definition) is 3. The summed E-state index contributed by atoms with van der Waals surface area (Å²) in [6.07, 6.45) is 4.45. The summed E-state index contributed by atoms with van der Waals surface area (Å²) in [7, 11) is 0. The van der Waals surface area contributed by atoms with Gasteiger partial charge < -0.3 is 10.6 Å². The SMILES string of the molecule is N#Cc1cccc(NC(=O)NCCc2ccccc2CN2CCC(Cc3ccccc3)CC2)c1. The van der Waals surface area contributed by atoms with Crippen LogP contribution in [0.2, 0.25) is 0 Å². The highest BCUT2D eigenvalue weighted by Crippen LogP contribution is 2.23. The fraction of sp³-hybridized carbons (Fsp3) is 0.310. The number of nitrogens with one attached hydrogen (secondary N) is 2. The molecular weight excluding hydrogens is 420 g/mol. The van der Waals surface area contributed by atoms with E-state index >= 15 is 0 Å². The largest absolute Gasteiger partial charge is 0.338 e. The summed E-state index contributed by atoms with van der Waals surface area (Å²) < 4.78 is 0. The molecule has 174 valence electrons. The normalized spacial score (nSPS) is 14.3. The Bertz CT molecular complexity index is 1110. The van der Waals surface area contributed by atoms with Crippen LogP contribution in [0, 0.1) is 17.2 Å². The van der Waals surface area contributed by atoms with Gasteiger partial charge >= 0.3 is 6.03 Å². The van der Waals surface area contributed by atoms with Gasteiger partial charge in [0.1, 0.15) is 0 Å². The molecule has 5 nitrogen and oxygen atoms in total. The Morgan fingerprint density at radius 1 is 0.941 bits per heavy atom. The minimum Gasteiger partial charge on any atom is -0.338 e. The number of carbonyl (C=O) groups is 1. The van der Waals surface area contributed by atoms with Crippen molar-refractivity contribution >= 4 is 11.7 Å². The maximum absolute atomic E-state index is 12.3. The molecule has 2 N–H and O–H groups in total. The zero-order valence-corrected chi connectivity index (χ0v) is 19.5. The van der Waals surface area contributed by atoms with Gasteiger partial charge in [0.25, 0.3) is 0 Å². The number of urea groups is 1. The quantitative estimate of drug-likeness (QED) is 0.482. The van der Waals surface area contributed by atoms with Crippen LogP contribution in [0.3, 0.4) is 0 Å². The minimum absolute atomic E-state index is 0.256. The second kappa shape index (κ2) is 12.0. The predicted molar refractivity (Wildman–Crippen MR) is 136 cm³/mol. The van der Waals surface area contributed by atoms with Crippen molar-refractivity contribution in [2.45, 2.75) is 32.2 Å². The molecule has 1 fully saturated rings. The second-order valence-electron chi connectivity index (χ2n) is 9.00. The number of rotatable bonds is 8. The van der Waals surface area contributed by atoms with Gasteiger partial charge in [-0.1, -0.05) is 60.7 Å². The zero-order chi connectivity index (χ0) is 23.6. The number of nitriles is 1. The van der Waals surface area contributed by atoms with Gasteiger partial charge in [-0.15, -0.1) is 0 Å². The third kappa shape index (κ3) is 6.94. The molecule has 34 heavy (non-hydrogen) atoms. The number of amides is 2. The maximum atomic E-state index is 12.3. The van der Waals surface area contributed by atoms with Gasteiger partial charge in [0.15, 0.2) is 0 Å². The highest BCUT2D eigenvalue weighted by molar-refractivity contribution is 5.89. The smallest absolute Gasteiger partial charge is 0.319 e. The zero-order valence-electron chi connectivity index (χ0n) is 19.5. The van der Waals surface area contributed by atoms with E-state index in [9.17, 15) is 4.79 Å². The van der Waals surface area contributed by atoms with Crippen LogP contribution in [0.1, 0.15) is 35.1 Å². The van der Waals surface area contributed by atoms with E-state index in [2.05, 4.69) is 76.2 Å². The van der Waals surface area contributed by atoms with Crippen molar-refractivity contribution in [1.29, 1.82) is 5.26 Å². The van der Waals surface area contributed by atoms with E-state index in [-0.39, 0.29) is 6.03 Å². The molecule has 0 bridgehead atoms. The van der Waals surface area contributed by atoms with Gasteiger partial charge in [0.05, 0.1) is 11.6 Å². The predicted octanol–water partition coefficient (Wildman–Crippen LogP) is 5.38. The Labute approximate surface area is 202 Å². The first-order valence-corrected chi connectivity index (χ1v) is 12.1. The lowest BCUT2D eigenvalue weighted by Crippen LogP contribution is -2.34. The van der Waals surface area contributed by atoms with Gasteiger partial charge in [-0.25, -0.2) is 4.79 Å². The molecule has 0 radical (unpaired) electrons. The van der Waals surface area contributed by atoms with Gasteiger partial charge in [-0.3, -0.25) is 4.90 Å². The van der Waals surface area contributed by atoms with Gasteiger partial charge in [0, 0.05) is 18.8 Å². The monoisotopic (exact) mass is 452 g/mol. The highest BCUT2D eigenvalue weighted by Gasteiger charge is 2.20. The van der Waals surface area contributed by atoms with Crippen molar-refractivity contribution in [1.82, 2.24) is 10.2 Å². The van der Waals surface area contributed by atoms with Crippen molar-refractivity contribution in [3.05, 3.63) is 101 Å². The molecule has 3 aromatic rings. The van der Waals surface area contributed by atoms with Crippen LogP contribution >= 0.6 is 0 Å². The fourth-order valence-electron chi connectivity index (χ4n) is 4.65. The summed E-state index contributed by atoms with van der Waals surface area (Å²) in [6, 6.07) is 28.1. The van der Waals surface area contributed by atoms with E-state index in [4.69, 9.17) is 5.26 Å². The lowest BCUT2D eigenvalue weighted by molar-refractivity contribution is 0.176. The maximum Gasteiger partial charge on any atom is 0.319 e. The Kier molecular flexibility index (Phi) is 8.32. The molecule has 0 atom stereocenters. The van der Waals surface area contributed by atoms with E-state index < -0.39 is 0 Å². The summed E-state index contributed by atoms with van der Waals surface area (Å²) in [6.45, 7) is 3.78. The van der Waals surface area contributed by atoms with Gasteiger partial charge in [-0.05, 0) is 79.6 Å². The van der Waals surface area contributed by atoms with Crippen molar-refractivity contribution in [2.24, 2.45) is 5.92 Å². The Morgan fingerprint density at radius 2 is 1.68 bits per heavy atom. The van der Waals surface area contributed by atoms with E-state index in [1.165, 1.54) is 36.0 Å². The summed E-state index contributed by atoms with van der Waals surface area (Å²) in [4.78, 5) is 14.8. The fourth-order valence-corrected chi connectivity index (χ4v) is 4.65.